The summed E-state index contributed by atoms with van der Waals surface area (Å²) in [5.74, 6) is -0.0949. The summed E-state index contributed by atoms with van der Waals surface area (Å²) in [6, 6.07) is 0. The van der Waals surface area contributed by atoms with E-state index in [1.807, 2.05) is 0 Å². The third-order valence-electron chi connectivity index (χ3n) is 2.93. The Balaban J connectivity index is 0. The summed E-state index contributed by atoms with van der Waals surface area (Å²) >= 11 is 0. The molecule has 0 unspecified atom stereocenters. The van der Waals surface area contributed by atoms with E-state index in [4.69, 9.17) is 9.47 Å². The first-order valence-electron chi connectivity index (χ1n) is 7.25. The van der Waals surface area contributed by atoms with Gasteiger partial charge in [-0.05, 0) is 19.3 Å². The maximum atomic E-state index is 11.2. The van der Waals surface area contributed by atoms with Crippen LogP contribution in [0.25, 0.3) is 0 Å². The molecule has 0 spiro atoms. The molecule has 0 heterocycles. The van der Waals surface area contributed by atoms with Gasteiger partial charge in [0.2, 0.25) is 0 Å². The van der Waals surface area contributed by atoms with Gasteiger partial charge in [0, 0.05) is 13.5 Å². The highest BCUT2D eigenvalue weighted by Gasteiger charge is 2.01. The first-order chi connectivity index (χ1) is 8.81. The van der Waals surface area contributed by atoms with E-state index in [0.717, 1.165) is 19.4 Å². The third kappa shape index (κ3) is 17.7. The molecule has 0 bridgehead atoms. The first-order valence-corrected chi connectivity index (χ1v) is 7.25. The Labute approximate surface area is 123 Å². The number of rotatable bonds is 13. The van der Waals surface area contributed by atoms with Crippen molar-refractivity contribution in [2.24, 2.45) is 0 Å². The minimum Gasteiger partial charge on any atom is -1.00 e. The Morgan fingerprint density at radius 2 is 1.42 bits per heavy atom. The zero-order valence-corrected chi connectivity index (χ0v) is 13.1. The molecule has 0 saturated carbocycles. The van der Waals surface area contributed by atoms with Gasteiger partial charge in [0.25, 0.3) is 0 Å². The van der Waals surface area contributed by atoms with E-state index < -0.39 is 0 Å². The lowest BCUT2D eigenvalue weighted by Gasteiger charge is -2.04. The summed E-state index contributed by atoms with van der Waals surface area (Å²) in [5, 5.41) is 0. The van der Waals surface area contributed by atoms with Crippen LogP contribution >= 0.6 is 0 Å². The van der Waals surface area contributed by atoms with Crippen LogP contribution in [-0.4, -0.2) is 32.8 Å². The highest BCUT2D eigenvalue weighted by atomic mass is 35.5. The molecular weight excluding hydrogens is 266 g/mol. The SMILES string of the molecule is COCCOC(=O)CCCCCCCCCC[NH3+].[Cl-]. The lowest BCUT2D eigenvalue weighted by atomic mass is 10.1. The van der Waals surface area contributed by atoms with Crippen LogP contribution in [0.5, 0.6) is 0 Å². The quantitative estimate of drug-likeness (QED) is 0.348. The van der Waals surface area contributed by atoms with Crippen LogP contribution in [-0.2, 0) is 14.3 Å². The van der Waals surface area contributed by atoms with Gasteiger partial charge in [-0.15, -0.1) is 0 Å². The Morgan fingerprint density at radius 3 is 1.95 bits per heavy atom. The summed E-state index contributed by atoms with van der Waals surface area (Å²) in [6.45, 7) is 1.92. The second kappa shape index (κ2) is 17.7. The van der Waals surface area contributed by atoms with Gasteiger partial charge in [-0.2, -0.15) is 0 Å². The minimum absolute atomic E-state index is 0. The van der Waals surface area contributed by atoms with Crippen molar-refractivity contribution in [3.8, 4) is 0 Å². The number of quaternary nitrogens is 1. The standard InChI is InChI=1S/C14H29NO3.ClH/c1-17-12-13-18-14(16)10-8-6-4-2-3-5-7-9-11-15;/h2-13,15H2,1H3;1H. The summed E-state index contributed by atoms with van der Waals surface area (Å²) < 4.78 is 9.79. The Bertz CT molecular complexity index is 192. The molecule has 0 amide bonds. The predicted molar refractivity (Wildman–Crippen MR) is 72.1 cm³/mol. The van der Waals surface area contributed by atoms with Crippen molar-refractivity contribution in [3.63, 3.8) is 0 Å². The molecule has 0 atom stereocenters. The highest BCUT2D eigenvalue weighted by molar-refractivity contribution is 5.69. The van der Waals surface area contributed by atoms with Crippen molar-refractivity contribution in [2.45, 2.75) is 57.8 Å². The summed E-state index contributed by atoms with van der Waals surface area (Å²) in [6.07, 6.45) is 10.4. The number of carbonyl (C=O) groups is 1. The fraction of sp³-hybridized carbons (Fsp3) is 0.929. The van der Waals surface area contributed by atoms with Gasteiger partial charge in [-0.1, -0.05) is 32.1 Å². The molecule has 0 aromatic heterocycles. The van der Waals surface area contributed by atoms with Gasteiger partial charge in [-0.25, -0.2) is 0 Å². The fourth-order valence-electron chi connectivity index (χ4n) is 1.82. The van der Waals surface area contributed by atoms with Crippen molar-refractivity contribution in [1.29, 1.82) is 0 Å². The van der Waals surface area contributed by atoms with Gasteiger partial charge in [-0.3, -0.25) is 4.79 Å². The number of hydrogen-bond acceptors (Lipinski definition) is 3. The van der Waals surface area contributed by atoms with Gasteiger partial charge in [0.15, 0.2) is 0 Å². The smallest absolute Gasteiger partial charge is 0.305 e. The maximum Gasteiger partial charge on any atom is 0.305 e. The number of ether oxygens (including phenoxy) is 2. The average Bonchev–Trinajstić information content (AvgIpc) is 2.37. The summed E-state index contributed by atoms with van der Waals surface area (Å²) in [5.41, 5.74) is 3.84. The minimum atomic E-state index is -0.0949. The molecule has 0 aliphatic rings. The van der Waals surface area contributed by atoms with Crippen LogP contribution < -0.4 is 18.1 Å². The van der Waals surface area contributed by atoms with E-state index in [1.165, 1.54) is 38.5 Å². The summed E-state index contributed by atoms with van der Waals surface area (Å²) in [4.78, 5) is 11.2. The monoisotopic (exact) mass is 295 g/mol. The number of esters is 1. The van der Waals surface area contributed by atoms with Crippen LogP contribution in [0.2, 0.25) is 0 Å². The molecule has 3 N–H and O–H groups in total. The highest BCUT2D eigenvalue weighted by Crippen LogP contribution is 2.09. The molecule has 0 radical (unpaired) electrons. The van der Waals surface area contributed by atoms with Gasteiger partial charge in [0.05, 0.1) is 13.2 Å². The van der Waals surface area contributed by atoms with E-state index in [2.05, 4.69) is 5.73 Å². The van der Waals surface area contributed by atoms with Gasteiger partial charge >= 0.3 is 5.97 Å². The topological polar surface area (TPSA) is 63.2 Å². The van der Waals surface area contributed by atoms with E-state index in [9.17, 15) is 4.79 Å². The van der Waals surface area contributed by atoms with Crippen LogP contribution in [0.15, 0.2) is 0 Å². The zero-order valence-electron chi connectivity index (χ0n) is 12.3. The van der Waals surface area contributed by atoms with Gasteiger partial charge < -0.3 is 27.6 Å². The number of hydrogen-bond donors (Lipinski definition) is 1. The first kappa shape index (κ1) is 21.0. The Kier molecular flexibility index (Phi) is 19.5. The van der Waals surface area contributed by atoms with Crippen LogP contribution in [0.1, 0.15) is 57.8 Å². The van der Waals surface area contributed by atoms with Crippen molar-refractivity contribution >= 4 is 5.97 Å². The van der Waals surface area contributed by atoms with Crippen LogP contribution in [0.3, 0.4) is 0 Å². The Morgan fingerprint density at radius 1 is 0.895 bits per heavy atom. The lowest BCUT2D eigenvalue weighted by Crippen LogP contribution is -3.00. The molecule has 0 saturated heterocycles. The molecule has 4 nitrogen and oxygen atoms in total. The fourth-order valence-corrected chi connectivity index (χ4v) is 1.82. The lowest BCUT2D eigenvalue weighted by molar-refractivity contribution is -0.368. The van der Waals surface area contributed by atoms with E-state index in [1.54, 1.807) is 7.11 Å². The second-order valence-electron chi connectivity index (χ2n) is 4.65. The molecule has 19 heavy (non-hydrogen) atoms. The van der Waals surface area contributed by atoms with Crippen molar-refractivity contribution < 1.29 is 32.4 Å². The molecule has 0 aromatic carbocycles. The van der Waals surface area contributed by atoms with Crippen molar-refractivity contribution in [1.82, 2.24) is 0 Å². The molecule has 0 fully saturated rings. The predicted octanol–water partition coefficient (Wildman–Crippen LogP) is -1.07. The number of methoxy groups -OCH3 is 1. The molecule has 0 aliphatic carbocycles. The zero-order chi connectivity index (χ0) is 13.5. The van der Waals surface area contributed by atoms with E-state index >= 15 is 0 Å². The number of halogens is 1. The Hall–Kier alpha value is -0.320. The van der Waals surface area contributed by atoms with E-state index in [0.29, 0.717) is 19.6 Å². The normalized spacial score (nSPS) is 10.0. The van der Waals surface area contributed by atoms with Crippen LogP contribution in [0, 0.1) is 0 Å². The average molecular weight is 296 g/mol. The third-order valence-corrected chi connectivity index (χ3v) is 2.93. The molecule has 0 aromatic rings. The maximum absolute atomic E-state index is 11.2. The molecular formula is C14H30ClNO3. The molecule has 116 valence electrons. The van der Waals surface area contributed by atoms with Crippen molar-refractivity contribution in [2.75, 3.05) is 26.9 Å². The largest absolute Gasteiger partial charge is 1.00 e. The van der Waals surface area contributed by atoms with Crippen molar-refractivity contribution in [3.05, 3.63) is 0 Å². The molecule has 0 aliphatic heterocycles. The van der Waals surface area contributed by atoms with Crippen LogP contribution in [0.4, 0.5) is 0 Å². The second-order valence-corrected chi connectivity index (χ2v) is 4.65. The number of carbonyl (C=O) groups excluding carboxylic acids is 1. The number of unbranched alkanes of at least 4 members (excludes halogenated alkanes) is 7. The van der Waals surface area contributed by atoms with Gasteiger partial charge in [0.1, 0.15) is 6.61 Å². The molecule has 0 rings (SSSR count). The summed E-state index contributed by atoms with van der Waals surface area (Å²) in [7, 11) is 1.60. The van der Waals surface area contributed by atoms with E-state index in [-0.39, 0.29) is 18.4 Å². The molecule has 5 heteroatoms.